The molecule has 0 aliphatic carbocycles. The smallest absolute Gasteiger partial charge is 0.250 e. The standard InChI is InChI=1S/C15H16ClN3O/c1-19(9-10-3-2-4-11(16)7-10)14-6-5-12(17)8-13(14)15(18)20/h2-8H,9,17H2,1H3,(H2,18,20). The first-order chi connectivity index (χ1) is 9.47. The fourth-order valence-electron chi connectivity index (χ4n) is 2.08. The topological polar surface area (TPSA) is 72.3 Å². The van der Waals surface area contributed by atoms with Crippen molar-refractivity contribution in [3.63, 3.8) is 0 Å². The SMILES string of the molecule is CN(Cc1cccc(Cl)c1)c1ccc(N)cc1C(N)=O. The molecule has 4 N–H and O–H groups in total. The number of halogens is 1. The largest absolute Gasteiger partial charge is 0.399 e. The first-order valence-corrected chi connectivity index (χ1v) is 6.50. The monoisotopic (exact) mass is 289 g/mol. The van der Waals surface area contributed by atoms with Gasteiger partial charge >= 0.3 is 0 Å². The van der Waals surface area contributed by atoms with E-state index in [-0.39, 0.29) is 0 Å². The summed E-state index contributed by atoms with van der Waals surface area (Å²) in [5.74, 6) is -0.495. The lowest BCUT2D eigenvalue weighted by Gasteiger charge is -2.22. The summed E-state index contributed by atoms with van der Waals surface area (Å²) >= 11 is 5.97. The van der Waals surface area contributed by atoms with Crippen molar-refractivity contribution < 1.29 is 4.79 Å². The van der Waals surface area contributed by atoms with Crippen molar-refractivity contribution in [1.82, 2.24) is 0 Å². The summed E-state index contributed by atoms with van der Waals surface area (Å²) in [5, 5.41) is 0.684. The van der Waals surface area contributed by atoms with Crippen molar-refractivity contribution in [2.75, 3.05) is 17.7 Å². The third kappa shape index (κ3) is 3.22. The van der Waals surface area contributed by atoms with E-state index >= 15 is 0 Å². The van der Waals surface area contributed by atoms with Gasteiger partial charge in [-0.1, -0.05) is 23.7 Å². The highest BCUT2D eigenvalue weighted by molar-refractivity contribution is 6.30. The fourth-order valence-corrected chi connectivity index (χ4v) is 2.29. The lowest BCUT2D eigenvalue weighted by atomic mass is 10.1. The first-order valence-electron chi connectivity index (χ1n) is 6.12. The molecule has 0 bridgehead atoms. The number of hydrogen-bond donors (Lipinski definition) is 2. The Balaban J connectivity index is 2.29. The molecule has 20 heavy (non-hydrogen) atoms. The number of benzene rings is 2. The van der Waals surface area contributed by atoms with E-state index in [0.717, 1.165) is 11.3 Å². The molecule has 0 fully saturated rings. The number of carbonyl (C=O) groups is 1. The van der Waals surface area contributed by atoms with Gasteiger partial charge in [-0.2, -0.15) is 0 Å². The van der Waals surface area contributed by atoms with Crippen LogP contribution in [-0.4, -0.2) is 13.0 Å². The summed E-state index contributed by atoms with van der Waals surface area (Å²) < 4.78 is 0. The van der Waals surface area contributed by atoms with E-state index < -0.39 is 5.91 Å². The maximum absolute atomic E-state index is 11.5. The van der Waals surface area contributed by atoms with Gasteiger partial charge in [0.2, 0.25) is 0 Å². The predicted molar refractivity (Wildman–Crippen MR) is 82.9 cm³/mol. The lowest BCUT2D eigenvalue weighted by molar-refractivity contribution is 0.100. The Morgan fingerprint density at radius 3 is 2.65 bits per heavy atom. The van der Waals surface area contributed by atoms with Crippen LogP contribution in [0.5, 0.6) is 0 Å². The van der Waals surface area contributed by atoms with Gasteiger partial charge in [0.15, 0.2) is 0 Å². The van der Waals surface area contributed by atoms with E-state index in [1.54, 1.807) is 18.2 Å². The second-order valence-electron chi connectivity index (χ2n) is 4.63. The van der Waals surface area contributed by atoms with Gasteiger partial charge in [0.1, 0.15) is 0 Å². The Bertz CT molecular complexity index is 643. The average Bonchev–Trinajstić information content (AvgIpc) is 2.38. The number of nitrogen functional groups attached to an aromatic ring is 1. The molecule has 0 radical (unpaired) electrons. The molecule has 0 saturated carbocycles. The molecule has 0 heterocycles. The molecule has 0 aliphatic heterocycles. The molecule has 5 heteroatoms. The van der Waals surface area contributed by atoms with Gasteiger partial charge in [0.25, 0.3) is 5.91 Å². The van der Waals surface area contributed by atoms with Crippen LogP contribution in [0.3, 0.4) is 0 Å². The zero-order valence-electron chi connectivity index (χ0n) is 11.1. The predicted octanol–water partition coefficient (Wildman–Crippen LogP) is 2.66. The highest BCUT2D eigenvalue weighted by Gasteiger charge is 2.12. The minimum absolute atomic E-state index is 0.412. The molecular weight excluding hydrogens is 274 g/mol. The summed E-state index contributed by atoms with van der Waals surface area (Å²) in [4.78, 5) is 13.4. The van der Waals surface area contributed by atoms with E-state index in [0.29, 0.717) is 22.8 Å². The molecular formula is C15H16ClN3O. The average molecular weight is 290 g/mol. The third-order valence-corrected chi connectivity index (χ3v) is 3.24. The minimum atomic E-state index is -0.495. The summed E-state index contributed by atoms with van der Waals surface area (Å²) in [6, 6.07) is 12.7. The van der Waals surface area contributed by atoms with E-state index in [9.17, 15) is 4.79 Å². The summed E-state index contributed by atoms with van der Waals surface area (Å²) in [5.41, 5.74) is 13.8. The normalized spacial score (nSPS) is 10.3. The van der Waals surface area contributed by atoms with Gasteiger partial charge in [-0.05, 0) is 35.9 Å². The van der Waals surface area contributed by atoms with Gasteiger partial charge in [-0.15, -0.1) is 0 Å². The zero-order valence-corrected chi connectivity index (χ0v) is 11.9. The van der Waals surface area contributed by atoms with Crippen LogP contribution in [0.15, 0.2) is 42.5 Å². The van der Waals surface area contributed by atoms with Gasteiger partial charge in [0, 0.05) is 30.0 Å². The van der Waals surface area contributed by atoms with Gasteiger partial charge in [-0.3, -0.25) is 4.79 Å². The van der Waals surface area contributed by atoms with E-state index in [2.05, 4.69) is 0 Å². The number of hydrogen-bond acceptors (Lipinski definition) is 3. The van der Waals surface area contributed by atoms with Crippen LogP contribution >= 0.6 is 11.6 Å². The molecule has 2 aromatic rings. The molecule has 4 nitrogen and oxygen atoms in total. The maximum Gasteiger partial charge on any atom is 0.250 e. The van der Waals surface area contributed by atoms with Crippen LogP contribution in [0.2, 0.25) is 5.02 Å². The van der Waals surface area contributed by atoms with Crippen LogP contribution in [0.25, 0.3) is 0 Å². The van der Waals surface area contributed by atoms with Gasteiger partial charge < -0.3 is 16.4 Å². The number of carbonyl (C=O) groups excluding carboxylic acids is 1. The molecule has 1 amide bonds. The van der Waals surface area contributed by atoms with Gasteiger partial charge in [0.05, 0.1) is 5.56 Å². The van der Waals surface area contributed by atoms with Crippen LogP contribution in [-0.2, 0) is 6.54 Å². The van der Waals surface area contributed by atoms with Crippen LogP contribution < -0.4 is 16.4 Å². The fraction of sp³-hybridized carbons (Fsp3) is 0.133. The Labute approximate surface area is 122 Å². The maximum atomic E-state index is 11.5. The Morgan fingerprint density at radius 1 is 1.25 bits per heavy atom. The van der Waals surface area contributed by atoms with Crippen molar-refractivity contribution in [2.45, 2.75) is 6.54 Å². The number of amides is 1. The van der Waals surface area contributed by atoms with Crippen molar-refractivity contribution in [2.24, 2.45) is 5.73 Å². The highest BCUT2D eigenvalue weighted by Crippen LogP contribution is 2.24. The number of nitrogens with zero attached hydrogens (tertiary/aromatic N) is 1. The first kappa shape index (κ1) is 14.2. The summed E-state index contributed by atoms with van der Waals surface area (Å²) in [7, 11) is 1.89. The van der Waals surface area contributed by atoms with E-state index in [1.807, 2.05) is 36.2 Å². The summed E-state index contributed by atoms with van der Waals surface area (Å²) in [6.45, 7) is 0.616. The molecule has 0 unspecified atom stereocenters. The number of primary amides is 1. The van der Waals surface area contributed by atoms with E-state index in [4.69, 9.17) is 23.1 Å². The Morgan fingerprint density at radius 2 is 2.00 bits per heavy atom. The molecule has 0 spiro atoms. The zero-order chi connectivity index (χ0) is 14.7. The third-order valence-electron chi connectivity index (χ3n) is 3.01. The molecule has 0 aromatic heterocycles. The second-order valence-corrected chi connectivity index (χ2v) is 5.06. The quantitative estimate of drug-likeness (QED) is 0.850. The lowest BCUT2D eigenvalue weighted by Crippen LogP contribution is -2.22. The van der Waals surface area contributed by atoms with Gasteiger partial charge in [-0.25, -0.2) is 0 Å². The van der Waals surface area contributed by atoms with Crippen molar-refractivity contribution in [3.05, 3.63) is 58.6 Å². The summed E-state index contributed by atoms with van der Waals surface area (Å²) in [6.07, 6.45) is 0. The van der Waals surface area contributed by atoms with Crippen molar-refractivity contribution >= 4 is 28.9 Å². The van der Waals surface area contributed by atoms with Crippen LogP contribution in [0.4, 0.5) is 11.4 Å². The molecule has 0 aliphatic rings. The van der Waals surface area contributed by atoms with E-state index in [1.165, 1.54) is 0 Å². The number of rotatable bonds is 4. The Hall–Kier alpha value is -2.20. The highest BCUT2D eigenvalue weighted by atomic mass is 35.5. The molecule has 2 rings (SSSR count). The minimum Gasteiger partial charge on any atom is -0.399 e. The van der Waals surface area contributed by atoms with Crippen LogP contribution in [0, 0.1) is 0 Å². The second kappa shape index (κ2) is 5.84. The number of anilines is 2. The van der Waals surface area contributed by atoms with Crippen molar-refractivity contribution in [1.29, 1.82) is 0 Å². The molecule has 104 valence electrons. The Kier molecular flexibility index (Phi) is 4.15. The molecule has 2 aromatic carbocycles. The van der Waals surface area contributed by atoms with Crippen molar-refractivity contribution in [3.8, 4) is 0 Å². The number of nitrogens with two attached hydrogens (primary N) is 2. The van der Waals surface area contributed by atoms with Crippen LogP contribution in [0.1, 0.15) is 15.9 Å². The molecule has 0 saturated heterocycles. The molecule has 0 atom stereocenters.